The summed E-state index contributed by atoms with van der Waals surface area (Å²) < 4.78 is 0. The minimum absolute atomic E-state index is 0.186. The Hall–Kier alpha value is -1.35. The maximum absolute atomic E-state index is 11.8. The van der Waals surface area contributed by atoms with Gasteiger partial charge in [0.2, 0.25) is 0 Å². The molecule has 0 heterocycles. The largest absolute Gasteiger partial charge is 0.481 e. The van der Waals surface area contributed by atoms with Crippen LogP contribution in [0.15, 0.2) is 30.3 Å². The van der Waals surface area contributed by atoms with Crippen molar-refractivity contribution < 1.29 is 15.0 Å². The molecule has 1 aromatic carbocycles. The number of carboxylic acids is 1. The van der Waals surface area contributed by atoms with Crippen LogP contribution in [0.3, 0.4) is 0 Å². The first kappa shape index (κ1) is 12.7. The Morgan fingerprint density at radius 3 is 2.58 bits per heavy atom. The highest BCUT2D eigenvalue weighted by Gasteiger charge is 2.66. The predicted octanol–water partition coefficient (Wildman–Crippen LogP) is 2.65. The van der Waals surface area contributed by atoms with Crippen LogP contribution in [0.1, 0.15) is 37.7 Å². The Morgan fingerprint density at radius 2 is 2.11 bits per heavy atom. The monoisotopic (exact) mass is 260 g/mol. The molecule has 0 bridgehead atoms. The number of rotatable bonds is 4. The summed E-state index contributed by atoms with van der Waals surface area (Å²) in [7, 11) is 0. The number of aliphatic hydroxyl groups excluding tert-OH is 1. The van der Waals surface area contributed by atoms with E-state index in [9.17, 15) is 15.0 Å². The Labute approximate surface area is 113 Å². The third-order valence-electron chi connectivity index (χ3n) is 5.08. The summed E-state index contributed by atoms with van der Waals surface area (Å²) in [6.45, 7) is 2.09. The highest BCUT2D eigenvalue weighted by Crippen LogP contribution is 2.64. The van der Waals surface area contributed by atoms with Gasteiger partial charge in [0.1, 0.15) is 0 Å². The van der Waals surface area contributed by atoms with Crippen molar-refractivity contribution in [2.24, 2.45) is 17.3 Å². The van der Waals surface area contributed by atoms with Gasteiger partial charge in [0, 0.05) is 0 Å². The van der Waals surface area contributed by atoms with E-state index < -0.39 is 17.5 Å². The molecule has 0 spiro atoms. The van der Waals surface area contributed by atoms with Gasteiger partial charge in [0.05, 0.1) is 11.5 Å². The lowest BCUT2D eigenvalue weighted by atomic mass is 9.73. The quantitative estimate of drug-likeness (QED) is 0.875. The van der Waals surface area contributed by atoms with Crippen molar-refractivity contribution in [1.29, 1.82) is 0 Å². The molecule has 3 nitrogen and oxygen atoms in total. The van der Waals surface area contributed by atoms with Crippen LogP contribution in [0.2, 0.25) is 0 Å². The number of hydrogen-bond acceptors (Lipinski definition) is 2. The van der Waals surface area contributed by atoms with Crippen LogP contribution >= 0.6 is 0 Å². The van der Waals surface area contributed by atoms with Crippen LogP contribution in [0, 0.1) is 17.3 Å². The average Bonchev–Trinajstić information content (AvgIpc) is 3.14. The molecule has 5 atom stereocenters. The van der Waals surface area contributed by atoms with Gasteiger partial charge in [0.25, 0.3) is 0 Å². The molecular weight excluding hydrogens is 240 g/mol. The lowest BCUT2D eigenvalue weighted by Gasteiger charge is -2.30. The summed E-state index contributed by atoms with van der Waals surface area (Å²) in [6.07, 6.45) is 1.53. The van der Waals surface area contributed by atoms with Crippen LogP contribution in [0.4, 0.5) is 0 Å². The lowest BCUT2D eigenvalue weighted by molar-refractivity contribution is -0.151. The smallest absolute Gasteiger partial charge is 0.310 e. The molecule has 0 aliphatic heterocycles. The molecule has 3 rings (SSSR count). The topological polar surface area (TPSA) is 57.5 Å². The second-order valence-corrected chi connectivity index (χ2v) is 6.25. The van der Waals surface area contributed by atoms with Crippen molar-refractivity contribution in [2.75, 3.05) is 0 Å². The standard InChI is InChI=1S/C16H20O3/c1-10(11-5-3-2-4-6-11)8-16(15(18)19)9-14(17)12-7-13(12)16/h2-6,10,12-14,17H,7-9H2,1H3,(H,18,19)/t10-,12-,13+,14-,16+/m0/s1. The number of aliphatic carboxylic acids is 1. The van der Waals surface area contributed by atoms with E-state index in [1.807, 2.05) is 18.2 Å². The molecule has 0 amide bonds. The van der Waals surface area contributed by atoms with Crippen molar-refractivity contribution >= 4 is 5.97 Å². The SMILES string of the molecule is C[C@@H](C[C@@]1(C(=O)O)C[C@H](O)[C@H]2C[C@H]21)c1ccccc1. The molecule has 3 heteroatoms. The van der Waals surface area contributed by atoms with Crippen molar-refractivity contribution in [3.05, 3.63) is 35.9 Å². The van der Waals surface area contributed by atoms with Crippen molar-refractivity contribution in [2.45, 2.75) is 38.2 Å². The number of hydrogen-bond donors (Lipinski definition) is 2. The van der Waals surface area contributed by atoms with Crippen LogP contribution in [-0.2, 0) is 4.79 Å². The average molecular weight is 260 g/mol. The molecular formula is C16H20O3. The van der Waals surface area contributed by atoms with Crippen molar-refractivity contribution in [3.63, 3.8) is 0 Å². The van der Waals surface area contributed by atoms with E-state index in [4.69, 9.17) is 0 Å². The number of fused-ring (bicyclic) bond motifs is 1. The molecule has 1 aromatic rings. The van der Waals surface area contributed by atoms with Crippen molar-refractivity contribution in [3.8, 4) is 0 Å². The Balaban J connectivity index is 1.82. The van der Waals surface area contributed by atoms with Crippen LogP contribution in [0.25, 0.3) is 0 Å². The molecule has 2 aliphatic carbocycles. The fourth-order valence-electron chi connectivity index (χ4n) is 3.96. The first-order valence-electron chi connectivity index (χ1n) is 7.01. The molecule has 2 saturated carbocycles. The lowest BCUT2D eigenvalue weighted by Crippen LogP contribution is -2.34. The van der Waals surface area contributed by atoms with Crippen LogP contribution in [-0.4, -0.2) is 22.3 Å². The summed E-state index contributed by atoms with van der Waals surface area (Å²) >= 11 is 0. The predicted molar refractivity (Wildman–Crippen MR) is 71.8 cm³/mol. The second-order valence-electron chi connectivity index (χ2n) is 6.25. The first-order chi connectivity index (χ1) is 9.04. The number of carbonyl (C=O) groups is 1. The second kappa shape index (κ2) is 4.34. The van der Waals surface area contributed by atoms with Gasteiger partial charge < -0.3 is 10.2 Å². The zero-order valence-corrected chi connectivity index (χ0v) is 11.1. The van der Waals surface area contributed by atoms with Gasteiger partial charge in [0.15, 0.2) is 0 Å². The highest BCUT2D eigenvalue weighted by atomic mass is 16.4. The third-order valence-corrected chi connectivity index (χ3v) is 5.08. The third kappa shape index (κ3) is 1.96. The summed E-state index contributed by atoms with van der Waals surface area (Å²) in [5.74, 6) is -0.0894. The van der Waals surface area contributed by atoms with Crippen LogP contribution < -0.4 is 0 Å². The maximum Gasteiger partial charge on any atom is 0.310 e. The van der Waals surface area contributed by atoms with E-state index in [2.05, 4.69) is 19.1 Å². The maximum atomic E-state index is 11.8. The van der Waals surface area contributed by atoms with Gasteiger partial charge >= 0.3 is 5.97 Å². The highest BCUT2D eigenvalue weighted by molar-refractivity contribution is 5.76. The minimum Gasteiger partial charge on any atom is -0.481 e. The molecule has 19 heavy (non-hydrogen) atoms. The Kier molecular flexibility index (Phi) is 2.90. The molecule has 2 N–H and O–H groups in total. The van der Waals surface area contributed by atoms with Gasteiger partial charge in [-0.1, -0.05) is 37.3 Å². The molecule has 0 radical (unpaired) electrons. The Morgan fingerprint density at radius 1 is 1.42 bits per heavy atom. The number of benzene rings is 1. The van der Waals surface area contributed by atoms with Gasteiger partial charge in [-0.15, -0.1) is 0 Å². The van der Waals surface area contributed by atoms with E-state index in [-0.39, 0.29) is 17.8 Å². The zero-order valence-electron chi connectivity index (χ0n) is 11.1. The fourth-order valence-corrected chi connectivity index (χ4v) is 3.96. The fraction of sp³-hybridized carbons (Fsp3) is 0.562. The van der Waals surface area contributed by atoms with Gasteiger partial charge in [-0.2, -0.15) is 0 Å². The van der Waals surface area contributed by atoms with Gasteiger partial charge in [-0.3, -0.25) is 4.79 Å². The van der Waals surface area contributed by atoms with E-state index in [1.54, 1.807) is 0 Å². The summed E-state index contributed by atoms with van der Waals surface area (Å²) in [5.41, 5.74) is 0.473. The molecule has 0 unspecified atom stereocenters. The molecule has 2 aliphatic rings. The first-order valence-corrected chi connectivity index (χ1v) is 7.01. The van der Waals surface area contributed by atoms with Gasteiger partial charge in [-0.05, 0) is 42.6 Å². The van der Waals surface area contributed by atoms with E-state index in [0.717, 1.165) is 6.42 Å². The molecule has 0 aromatic heterocycles. The van der Waals surface area contributed by atoms with Crippen molar-refractivity contribution in [1.82, 2.24) is 0 Å². The van der Waals surface area contributed by atoms with Crippen LogP contribution in [0.5, 0.6) is 0 Å². The summed E-state index contributed by atoms with van der Waals surface area (Å²) in [6, 6.07) is 10.1. The summed E-state index contributed by atoms with van der Waals surface area (Å²) in [5, 5.41) is 19.6. The number of carboxylic acid groups (broad SMARTS) is 1. The van der Waals surface area contributed by atoms with E-state index in [1.165, 1.54) is 5.56 Å². The van der Waals surface area contributed by atoms with E-state index >= 15 is 0 Å². The molecule has 102 valence electrons. The Bertz CT molecular complexity index is 484. The molecule has 2 fully saturated rings. The van der Waals surface area contributed by atoms with Gasteiger partial charge in [-0.25, -0.2) is 0 Å². The minimum atomic E-state index is -0.723. The molecule has 0 saturated heterocycles. The zero-order chi connectivity index (χ0) is 13.6. The summed E-state index contributed by atoms with van der Waals surface area (Å²) in [4.78, 5) is 11.8. The van der Waals surface area contributed by atoms with E-state index in [0.29, 0.717) is 12.8 Å². The normalized spacial score (nSPS) is 37.7. The number of aliphatic hydroxyl groups is 1.